The summed E-state index contributed by atoms with van der Waals surface area (Å²) in [5.74, 6) is 0. The minimum absolute atomic E-state index is 0.264. The van der Waals surface area contributed by atoms with Crippen molar-refractivity contribution in [3.05, 3.63) is 57.8 Å². The third-order valence-electron chi connectivity index (χ3n) is 2.83. The molecule has 2 aromatic rings. The molecule has 1 aromatic carbocycles. The number of hydrogen-bond acceptors (Lipinski definition) is 2. The van der Waals surface area contributed by atoms with E-state index in [1.54, 1.807) is 6.20 Å². The van der Waals surface area contributed by atoms with Crippen LogP contribution in [0.2, 0.25) is 0 Å². The summed E-state index contributed by atoms with van der Waals surface area (Å²) >= 11 is 3.43. The van der Waals surface area contributed by atoms with Crippen molar-refractivity contribution in [2.24, 2.45) is 0 Å². The van der Waals surface area contributed by atoms with Gasteiger partial charge in [-0.1, -0.05) is 29.3 Å². The van der Waals surface area contributed by atoms with E-state index in [1.165, 1.54) is 16.7 Å². The summed E-state index contributed by atoms with van der Waals surface area (Å²) in [7, 11) is 0. The van der Waals surface area contributed by atoms with Crippen LogP contribution in [0.4, 0.5) is 5.69 Å². The fraction of sp³-hybridized carbons (Fsp3) is 0.267. The quantitative estimate of drug-likeness (QED) is 0.894. The Labute approximate surface area is 117 Å². The van der Waals surface area contributed by atoms with E-state index in [0.29, 0.717) is 0 Å². The fourth-order valence-electron chi connectivity index (χ4n) is 2.08. The molecule has 0 saturated heterocycles. The SMILES string of the molecule is Cc1cc(C)cc(C(C)Nc2cncc(Br)c2)c1. The lowest BCUT2D eigenvalue weighted by atomic mass is 10.0. The van der Waals surface area contributed by atoms with Crippen LogP contribution in [0.1, 0.15) is 29.7 Å². The van der Waals surface area contributed by atoms with Gasteiger partial charge in [0.15, 0.2) is 0 Å². The zero-order chi connectivity index (χ0) is 13.1. The number of benzene rings is 1. The monoisotopic (exact) mass is 304 g/mol. The van der Waals surface area contributed by atoms with Crippen LogP contribution >= 0.6 is 15.9 Å². The van der Waals surface area contributed by atoms with Crippen LogP contribution in [-0.2, 0) is 0 Å². The van der Waals surface area contributed by atoms with Crippen LogP contribution in [0, 0.1) is 13.8 Å². The number of nitrogens with zero attached hydrogens (tertiary/aromatic N) is 1. The molecule has 1 unspecified atom stereocenters. The Morgan fingerprint density at radius 2 is 1.72 bits per heavy atom. The van der Waals surface area contributed by atoms with E-state index in [4.69, 9.17) is 0 Å². The van der Waals surface area contributed by atoms with Crippen LogP contribution in [-0.4, -0.2) is 4.98 Å². The minimum Gasteiger partial charge on any atom is -0.377 e. The van der Waals surface area contributed by atoms with E-state index in [1.807, 2.05) is 12.3 Å². The molecule has 94 valence electrons. The molecule has 0 saturated carbocycles. The predicted octanol–water partition coefficient (Wildman–Crippen LogP) is 4.63. The summed E-state index contributed by atoms with van der Waals surface area (Å²) in [6, 6.07) is 8.93. The van der Waals surface area contributed by atoms with E-state index in [2.05, 4.69) is 65.2 Å². The van der Waals surface area contributed by atoms with Crippen LogP contribution in [0.5, 0.6) is 0 Å². The maximum Gasteiger partial charge on any atom is 0.0542 e. The van der Waals surface area contributed by atoms with Crippen molar-refractivity contribution < 1.29 is 0 Å². The van der Waals surface area contributed by atoms with Gasteiger partial charge in [0.05, 0.1) is 11.9 Å². The van der Waals surface area contributed by atoms with Crippen molar-refractivity contribution in [2.75, 3.05) is 5.32 Å². The molecule has 0 amide bonds. The van der Waals surface area contributed by atoms with Crippen LogP contribution in [0.3, 0.4) is 0 Å². The molecule has 0 spiro atoms. The molecule has 3 heteroatoms. The largest absolute Gasteiger partial charge is 0.377 e. The summed E-state index contributed by atoms with van der Waals surface area (Å²) in [6.07, 6.45) is 3.62. The Morgan fingerprint density at radius 3 is 2.33 bits per heavy atom. The van der Waals surface area contributed by atoms with Gasteiger partial charge >= 0.3 is 0 Å². The van der Waals surface area contributed by atoms with Crippen molar-refractivity contribution in [1.82, 2.24) is 4.98 Å². The van der Waals surface area contributed by atoms with Crippen LogP contribution < -0.4 is 5.32 Å². The van der Waals surface area contributed by atoms with Crippen LogP contribution in [0.15, 0.2) is 41.1 Å². The zero-order valence-corrected chi connectivity index (χ0v) is 12.5. The number of nitrogens with one attached hydrogen (secondary N) is 1. The Kier molecular flexibility index (Phi) is 4.02. The lowest BCUT2D eigenvalue weighted by molar-refractivity contribution is 0.878. The highest BCUT2D eigenvalue weighted by atomic mass is 79.9. The number of rotatable bonds is 3. The van der Waals surface area contributed by atoms with Gasteiger partial charge in [-0.3, -0.25) is 4.98 Å². The van der Waals surface area contributed by atoms with Gasteiger partial charge in [-0.05, 0) is 48.3 Å². The molecule has 0 bridgehead atoms. The first-order chi connectivity index (χ1) is 8.54. The highest BCUT2D eigenvalue weighted by Crippen LogP contribution is 2.22. The third-order valence-corrected chi connectivity index (χ3v) is 3.27. The number of aryl methyl sites for hydroxylation is 2. The summed E-state index contributed by atoms with van der Waals surface area (Å²) in [4.78, 5) is 4.16. The number of aromatic nitrogens is 1. The summed E-state index contributed by atoms with van der Waals surface area (Å²) in [5, 5.41) is 3.46. The van der Waals surface area contributed by atoms with Crippen molar-refractivity contribution in [3.63, 3.8) is 0 Å². The zero-order valence-electron chi connectivity index (χ0n) is 10.9. The highest BCUT2D eigenvalue weighted by Gasteiger charge is 2.06. The Balaban J connectivity index is 2.19. The number of halogens is 1. The summed E-state index contributed by atoms with van der Waals surface area (Å²) in [5.41, 5.74) is 4.92. The lowest BCUT2D eigenvalue weighted by Gasteiger charge is -2.17. The molecule has 1 heterocycles. The standard InChI is InChI=1S/C15H17BrN2/c1-10-4-11(2)6-13(5-10)12(3)18-15-7-14(16)8-17-9-15/h4-9,12,18H,1-3H3. The molecule has 1 N–H and O–H groups in total. The van der Waals surface area contributed by atoms with E-state index in [-0.39, 0.29) is 6.04 Å². The number of anilines is 1. The van der Waals surface area contributed by atoms with Gasteiger partial charge in [0.25, 0.3) is 0 Å². The van der Waals surface area contributed by atoms with Gasteiger partial charge in [-0.2, -0.15) is 0 Å². The number of pyridine rings is 1. The first kappa shape index (κ1) is 13.1. The first-order valence-corrected chi connectivity index (χ1v) is 6.79. The van der Waals surface area contributed by atoms with E-state index in [0.717, 1.165) is 10.2 Å². The first-order valence-electron chi connectivity index (χ1n) is 6.00. The van der Waals surface area contributed by atoms with Crippen LogP contribution in [0.25, 0.3) is 0 Å². The van der Waals surface area contributed by atoms with E-state index < -0.39 is 0 Å². The normalized spacial score (nSPS) is 12.2. The average Bonchev–Trinajstić information content (AvgIpc) is 2.27. The van der Waals surface area contributed by atoms with E-state index in [9.17, 15) is 0 Å². The molecule has 2 rings (SSSR count). The lowest BCUT2D eigenvalue weighted by Crippen LogP contribution is -2.07. The maximum absolute atomic E-state index is 4.16. The Bertz CT molecular complexity index is 532. The van der Waals surface area contributed by atoms with Gasteiger partial charge in [0.1, 0.15) is 0 Å². The molecular formula is C15H17BrN2. The Morgan fingerprint density at radius 1 is 1.06 bits per heavy atom. The molecule has 0 aliphatic rings. The van der Waals surface area contributed by atoms with Crippen molar-refractivity contribution in [2.45, 2.75) is 26.8 Å². The fourth-order valence-corrected chi connectivity index (χ4v) is 2.45. The van der Waals surface area contributed by atoms with Crippen molar-refractivity contribution in [3.8, 4) is 0 Å². The van der Waals surface area contributed by atoms with E-state index >= 15 is 0 Å². The third kappa shape index (κ3) is 3.33. The topological polar surface area (TPSA) is 24.9 Å². The predicted molar refractivity (Wildman–Crippen MR) is 79.9 cm³/mol. The molecule has 2 nitrogen and oxygen atoms in total. The highest BCUT2D eigenvalue weighted by molar-refractivity contribution is 9.10. The molecule has 1 atom stereocenters. The second-order valence-electron chi connectivity index (χ2n) is 4.68. The summed E-state index contributed by atoms with van der Waals surface area (Å²) in [6.45, 7) is 6.42. The van der Waals surface area contributed by atoms with Gasteiger partial charge in [0, 0.05) is 16.7 Å². The molecule has 0 aliphatic carbocycles. The number of hydrogen-bond donors (Lipinski definition) is 1. The smallest absolute Gasteiger partial charge is 0.0542 e. The van der Waals surface area contributed by atoms with Gasteiger partial charge in [-0.15, -0.1) is 0 Å². The minimum atomic E-state index is 0.264. The summed E-state index contributed by atoms with van der Waals surface area (Å²) < 4.78 is 0.986. The maximum atomic E-state index is 4.16. The average molecular weight is 305 g/mol. The molecule has 0 aliphatic heterocycles. The van der Waals surface area contributed by atoms with Gasteiger partial charge in [-0.25, -0.2) is 0 Å². The molecule has 0 fully saturated rings. The molecule has 0 radical (unpaired) electrons. The van der Waals surface area contributed by atoms with Crippen molar-refractivity contribution in [1.29, 1.82) is 0 Å². The van der Waals surface area contributed by atoms with Gasteiger partial charge in [0.2, 0.25) is 0 Å². The second-order valence-corrected chi connectivity index (χ2v) is 5.59. The molecule has 1 aromatic heterocycles. The molecule has 18 heavy (non-hydrogen) atoms. The van der Waals surface area contributed by atoms with Crippen molar-refractivity contribution >= 4 is 21.6 Å². The van der Waals surface area contributed by atoms with Gasteiger partial charge < -0.3 is 5.32 Å². The molecular weight excluding hydrogens is 288 g/mol. The second kappa shape index (κ2) is 5.53. The Hall–Kier alpha value is -1.35.